The van der Waals surface area contributed by atoms with Gasteiger partial charge in [0.05, 0.1) is 6.54 Å². The van der Waals surface area contributed by atoms with Crippen LogP contribution < -0.4 is 5.32 Å². The van der Waals surface area contributed by atoms with E-state index in [4.69, 9.17) is 0 Å². The van der Waals surface area contributed by atoms with Gasteiger partial charge in [-0.2, -0.15) is 4.98 Å². The number of carbonyl (C=O) groups is 2. The topological polar surface area (TPSA) is 88.3 Å². The molecule has 0 bridgehead atoms. The largest absolute Gasteiger partial charge is 0.343 e. The fourth-order valence-electron chi connectivity index (χ4n) is 1.18. The van der Waals surface area contributed by atoms with Gasteiger partial charge in [0.2, 0.25) is 12.3 Å². The first kappa shape index (κ1) is 8.67. The van der Waals surface area contributed by atoms with Gasteiger partial charge < -0.3 is 9.42 Å². The van der Waals surface area contributed by atoms with Crippen LogP contribution in [-0.2, 0) is 11.3 Å². The van der Waals surface area contributed by atoms with E-state index < -0.39 is 6.03 Å². The molecule has 7 heteroatoms. The molecular formula is C7H8N4O3. The molecule has 0 aromatic carbocycles. The van der Waals surface area contributed by atoms with Crippen LogP contribution in [-0.4, -0.2) is 33.5 Å². The number of nitrogens with zero attached hydrogens (tertiary/aromatic N) is 3. The standard InChI is InChI=1S/C7H8N4O3/c12-6-1-2-11(7(13)9-6)3-5-8-4-14-10-5/h4H,1-3H2,(H,9,12,13). The number of urea groups is 1. The Balaban J connectivity index is 1.99. The number of amides is 3. The van der Waals surface area contributed by atoms with Crippen LogP contribution in [0.2, 0.25) is 0 Å². The van der Waals surface area contributed by atoms with Gasteiger partial charge in [-0.05, 0) is 0 Å². The summed E-state index contributed by atoms with van der Waals surface area (Å²) in [6.45, 7) is 0.648. The average Bonchev–Trinajstić information content (AvgIpc) is 2.62. The van der Waals surface area contributed by atoms with Crippen molar-refractivity contribution in [1.29, 1.82) is 0 Å². The van der Waals surface area contributed by atoms with E-state index >= 15 is 0 Å². The second-order valence-electron chi connectivity index (χ2n) is 2.87. The van der Waals surface area contributed by atoms with Crippen molar-refractivity contribution in [2.45, 2.75) is 13.0 Å². The number of aromatic nitrogens is 2. The van der Waals surface area contributed by atoms with E-state index in [1.807, 2.05) is 0 Å². The molecule has 1 aromatic heterocycles. The monoisotopic (exact) mass is 196 g/mol. The maximum absolute atomic E-state index is 11.2. The molecule has 1 aliphatic rings. The van der Waals surface area contributed by atoms with Gasteiger partial charge in [-0.15, -0.1) is 0 Å². The lowest BCUT2D eigenvalue weighted by Gasteiger charge is -2.24. The van der Waals surface area contributed by atoms with E-state index in [1.165, 1.54) is 11.3 Å². The minimum Gasteiger partial charge on any atom is -0.343 e. The summed E-state index contributed by atoms with van der Waals surface area (Å²) in [4.78, 5) is 27.3. The van der Waals surface area contributed by atoms with Gasteiger partial charge in [0.25, 0.3) is 0 Å². The summed E-state index contributed by atoms with van der Waals surface area (Å²) in [5.74, 6) is 0.175. The maximum Gasteiger partial charge on any atom is 0.324 e. The molecule has 14 heavy (non-hydrogen) atoms. The Hall–Kier alpha value is -1.92. The van der Waals surface area contributed by atoms with Gasteiger partial charge in [-0.3, -0.25) is 10.1 Å². The summed E-state index contributed by atoms with van der Waals surface area (Å²) in [6, 6.07) is -0.411. The van der Waals surface area contributed by atoms with E-state index in [0.29, 0.717) is 18.8 Å². The Labute approximate surface area is 79.1 Å². The molecule has 0 aliphatic carbocycles. The minimum absolute atomic E-state index is 0.251. The third kappa shape index (κ3) is 1.70. The second-order valence-corrected chi connectivity index (χ2v) is 2.87. The number of nitrogens with one attached hydrogen (secondary N) is 1. The van der Waals surface area contributed by atoms with Crippen LogP contribution in [0.1, 0.15) is 12.2 Å². The first-order valence-corrected chi connectivity index (χ1v) is 4.10. The zero-order chi connectivity index (χ0) is 9.97. The molecule has 74 valence electrons. The average molecular weight is 196 g/mol. The Kier molecular flexibility index (Phi) is 2.13. The third-order valence-corrected chi connectivity index (χ3v) is 1.88. The van der Waals surface area contributed by atoms with Crippen molar-refractivity contribution in [2.24, 2.45) is 0 Å². The van der Waals surface area contributed by atoms with Crippen molar-refractivity contribution in [3.05, 3.63) is 12.2 Å². The number of hydrogen-bond acceptors (Lipinski definition) is 5. The summed E-state index contributed by atoms with van der Waals surface area (Å²) in [6.07, 6.45) is 1.51. The van der Waals surface area contributed by atoms with Crippen LogP contribution in [0.5, 0.6) is 0 Å². The van der Waals surface area contributed by atoms with Crippen LogP contribution >= 0.6 is 0 Å². The highest BCUT2D eigenvalue weighted by molar-refractivity contribution is 5.96. The molecule has 0 unspecified atom stereocenters. The van der Waals surface area contributed by atoms with Crippen molar-refractivity contribution in [3.63, 3.8) is 0 Å². The Morgan fingerprint density at radius 1 is 1.57 bits per heavy atom. The van der Waals surface area contributed by atoms with Gasteiger partial charge in [-0.25, -0.2) is 4.79 Å². The summed E-state index contributed by atoms with van der Waals surface area (Å²) < 4.78 is 4.53. The molecule has 7 nitrogen and oxygen atoms in total. The number of rotatable bonds is 2. The lowest BCUT2D eigenvalue weighted by molar-refractivity contribution is -0.121. The molecule has 1 saturated heterocycles. The van der Waals surface area contributed by atoms with Crippen LogP contribution in [0.15, 0.2) is 10.9 Å². The molecule has 1 aliphatic heterocycles. The number of hydrogen-bond donors (Lipinski definition) is 1. The van der Waals surface area contributed by atoms with Crippen molar-refractivity contribution >= 4 is 11.9 Å². The van der Waals surface area contributed by atoms with Gasteiger partial charge >= 0.3 is 6.03 Å². The van der Waals surface area contributed by atoms with Crippen LogP contribution in [0.3, 0.4) is 0 Å². The van der Waals surface area contributed by atoms with Crippen molar-refractivity contribution in [1.82, 2.24) is 20.4 Å². The predicted octanol–water partition coefficient (Wildman–Crippen LogP) is -0.488. The van der Waals surface area contributed by atoms with Crippen molar-refractivity contribution < 1.29 is 14.1 Å². The molecule has 2 heterocycles. The van der Waals surface area contributed by atoms with Gasteiger partial charge in [0.1, 0.15) is 0 Å². The lowest BCUT2D eigenvalue weighted by atomic mass is 10.3. The maximum atomic E-state index is 11.2. The quantitative estimate of drug-likeness (QED) is 0.689. The molecule has 1 fully saturated rings. The zero-order valence-corrected chi connectivity index (χ0v) is 7.27. The molecular weight excluding hydrogens is 188 g/mol. The predicted molar refractivity (Wildman–Crippen MR) is 42.9 cm³/mol. The minimum atomic E-state index is -0.411. The Morgan fingerprint density at radius 2 is 2.43 bits per heavy atom. The molecule has 0 atom stereocenters. The summed E-state index contributed by atoms with van der Waals surface area (Å²) in [5.41, 5.74) is 0. The van der Waals surface area contributed by atoms with E-state index in [2.05, 4.69) is 20.0 Å². The normalized spacial score (nSPS) is 17.0. The number of carbonyl (C=O) groups excluding carboxylic acids is 2. The van der Waals surface area contributed by atoms with E-state index in [0.717, 1.165) is 0 Å². The van der Waals surface area contributed by atoms with E-state index in [9.17, 15) is 9.59 Å². The first-order valence-electron chi connectivity index (χ1n) is 4.10. The molecule has 3 amide bonds. The highest BCUT2D eigenvalue weighted by atomic mass is 16.5. The molecule has 2 rings (SSSR count). The van der Waals surface area contributed by atoms with Crippen molar-refractivity contribution in [3.8, 4) is 0 Å². The second kappa shape index (κ2) is 3.44. The van der Waals surface area contributed by atoms with E-state index in [1.54, 1.807) is 0 Å². The fraction of sp³-hybridized carbons (Fsp3) is 0.429. The smallest absolute Gasteiger partial charge is 0.324 e. The van der Waals surface area contributed by atoms with Crippen LogP contribution in [0, 0.1) is 0 Å². The zero-order valence-electron chi connectivity index (χ0n) is 7.27. The summed E-state index contributed by atoms with van der Waals surface area (Å²) >= 11 is 0. The van der Waals surface area contributed by atoms with Gasteiger partial charge in [0.15, 0.2) is 5.82 Å². The number of imide groups is 1. The Bertz CT molecular complexity index is 348. The van der Waals surface area contributed by atoms with Gasteiger partial charge in [-0.1, -0.05) is 5.16 Å². The summed E-state index contributed by atoms with van der Waals surface area (Å²) in [7, 11) is 0. The van der Waals surface area contributed by atoms with Crippen LogP contribution in [0.4, 0.5) is 4.79 Å². The third-order valence-electron chi connectivity index (χ3n) is 1.88. The van der Waals surface area contributed by atoms with Crippen LogP contribution in [0.25, 0.3) is 0 Å². The molecule has 1 N–H and O–H groups in total. The fourth-order valence-corrected chi connectivity index (χ4v) is 1.18. The van der Waals surface area contributed by atoms with Crippen molar-refractivity contribution in [2.75, 3.05) is 6.54 Å². The summed E-state index contributed by atoms with van der Waals surface area (Å²) in [5, 5.41) is 5.77. The highest BCUT2D eigenvalue weighted by Crippen LogP contribution is 2.04. The lowest BCUT2D eigenvalue weighted by Crippen LogP contribution is -2.49. The Morgan fingerprint density at radius 3 is 3.07 bits per heavy atom. The van der Waals surface area contributed by atoms with Gasteiger partial charge in [0, 0.05) is 13.0 Å². The SMILES string of the molecule is O=C1CCN(Cc2ncon2)C(=O)N1. The molecule has 0 spiro atoms. The highest BCUT2D eigenvalue weighted by Gasteiger charge is 2.23. The van der Waals surface area contributed by atoms with E-state index in [-0.39, 0.29) is 12.5 Å². The first-order chi connectivity index (χ1) is 6.75. The molecule has 0 saturated carbocycles. The molecule has 1 aromatic rings. The molecule has 0 radical (unpaired) electrons.